The third-order valence-corrected chi connectivity index (χ3v) is 0.622. The predicted octanol–water partition coefficient (Wildman–Crippen LogP) is -0.386. The van der Waals surface area contributed by atoms with Crippen LogP contribution >= 0.6 is 0 Å². The number of hydrogen-bond acceptors (Lipinski definition) is 2. The summed E-state index contributed by atoms with van der Waals surface area (Å²) in [5, 5.41) is 0. The van der Waals surface area contributed by atoms with Gasteiger partial charge in [0, 0.05) is 0 Å². The molecule has 0 aliphatic carbocycles. The van der Waals surface area contributed by atoms with Crippen LogP contribution in [0.2, 0.25) is 0 Å². The van der Waals surface area contributed by atoms with Crippen LogP contribution in [0.4, 0.5) is 4.79 Å². The SMILES string of the molecule is C=CC(=O)NNC(=O)N=C. The number of aliphatic imine (C=N–C) groups is 1. The quantitative estimate of drug-likeness (QED) is 0.296. The summed E-state index contributed by atoms with van der Waals surface area (Å²) in [6.45, 7) is 6.08. The van der Waals surface area contributed by atoms with E-state index in [-0.39, 0.29) is 0 Å². The van der Waals surface area contributed by atoms with Crippen LogP contribution in [-0.4, -0.2) is 18.7 Å². The second-order valence-corrected chi connectivity index (χ2v) is 1.28. The van der Waals surface area contributed by atoms with Crippen LogP contribution in [0.1, 0.15) is 0 Å². The van der Waals surface area contributed by atoms with Crippen molar-refractivity contribution < 1.29 is 9.59 Å². The highest BCUT2D eigenvalue weighted by molar-refractivity contribution is 5.89. The van der Waals surface area contributed by atoms with E-state index >= 15 is 0 Å². The topological polar surface area (TPSA) is 70.6 Å². The maximum atomic E-state index is 10.3. The average molecular weight is 141 g/mol. The smallest absolute Gasteiger partial charge is 0.268 e. The van der Waals surface area contributed by atoms with Crippen LogP contribution < -0.4 is 10.9 Å². The van der Waals surface area contributed by atoms with E-state index in [1.54, 1.807) is 0 Å². The molecular weight excluding hydrogens is 134 g/mol. The highest BCUT2D eigenvalue weighted by Gasteiger charge is 1.94. The molecule has 0 unspecified atom stereocenters. The van der Waals surface area contributed by atoms with Gasteiger partial charge >= 0.3 is 6.03 Å². The molecule has 0 aliphatic rings. The fourth-order valence-corrected chi connectivity index (χ4v) is 0.206. The summed E-state index contributed by atoms with van der Waals surface area (Å²) >= 11 is 0. The van der Waals surface area contributed by atoms with Crippen LogP contribution in [0.25, 0.3) is 0 Å². The molecule has 2 N–H and O–H groups in total. The molecule has 0 heterocycles. The van der Waals surface area contributed by atoms with Crippen molar-refractivity contribution in [2.75, 3.05) is 0 Å². The molecule has 0 spiro atoms. The first-order valence-electron chi connectivity index (χ1n) is 2.40. The van der Waals surface area contributed by atoms with E-state index in [2.05, 4.69) is 18.3 Å². The monoisotopic (exact) mass is 141 g/mol. The molecule has 3 amide bonds. The Hall–Kier alpha value is -1.65. The Morgan fingerprint density at radius 3 is 2.40 bits per heavy atom. The van der Waals surface area contributed by atoms with Crippen molar-refractivity contribution in [3.05, 3.63) is 12.7 Å². The highest BCUT2D eigenvalue weighted by atomic mass is 16.2. The molecule has 0 rings (SSSR count). The predicted molar refractivity (Wildman–Crippen MR) is 36.4 cm³/mol. The minimum Gasteiger partial charge on any atom is -0.268 e. The number of nitrogens with one attached hydrogen (secondary N) is 2. The Labute approximate surface area is 57.8 Å². The van der Waals surface area contributed by atoms with Gasteiger partial charge in [-0.3, -0.25) is 10.2 Å². The fourth-order valence-electron chi connectivity index (χ4n) is 0.206. The standard InChI is InChI=1S/C5H7N3O2/c1-3-4(9)7-8-5(10)6-2/h3H,1-2H2,(H,7,9)(H,8,10). The van der Waals surface area contributed by atoms with Crippen molar-refractivity contribution in [1.82, 2.24) is 10.9 Å². The van der Waals surface area contributed by atoms with E-state index in [9.17, 15) is 9.59 Å². The Morgan fingerprint density at radius 2 is 2.00 bits per heavy atom. The molecule has 0 aromatic heterocycles. The van der Waals surface area contributed by atoms with Crippen molar-refractivity contribution >= 4 is 18.7 Å². The fraction of sp³-hybridized carbons (Fsp3) is 0. The zero-order chi connectivity index (χ0) is 7.98. The Morgan fingerprint density at radius 1 is 1.40 bits per heavy atom. The maximum Gasteiger partial charge on any atom is 0.358 e. The third kappa shape index (κ3) is 3.36. The summed E-state index contributed by atoms with van der Waals surface area (Å²) in [5.74, 6) is -0.503. The molecule has 54 valence electrons. The van der Waals surface area contributed by atoms with Crippen molar-refractivity contribution in [3.8, 4) is 0 Å². The summed E-state index contributed by atoms with van der Waals surface area (Å²) in [4.78, 5) is 23.5. The van der Waals surface area contributed by atoms with Crippen LogP contribution in [0.5, 0.6) is 0 Å². The third-order valence-electron chi connectivity index (χ3n) is 0.622. The van der Waals surface area contributed by atoms with Gasteiger partial charge in [-0.25, -0.2) is 15.2 Å². The molecule has 0 aliphatic heterocycles. The molecule has 0 saturated heterocycles. The summed E-state index contributed by atoms with van der Waals surface area (Å²) in [6, 6.07) is -0.713. The van der Waals surface area contributed by atoms with Gasteiger partial charge in [0.1, 0.15) is 0 Å². The Kier molecular flexibility index (Phi) is 3.55. The van der Waals surface area contributed by atoms with Gasteiger partial charge < -0.3 is 0 Å². The van der Waals surface area contributed by atoms with Crippen molar-refractivity contribution in [2.24, 2.45) is 4.99 Å². The second kappa shape index (κ2) is 4.25. The lowest BCUT2D eigenvalue weighted by Crippen LogP contribution is -2.38. The minimum atomic E-state index is -0.713. The summed E-state index contributed by atoms with van der Waals surface area (Å²) in [6.07, 6.45) is 1.02. The molecule has 0 saturated carbocycles. The van der Waals surface area contributed by atoms with Gasteiger partial charge in [0.15, 0.2) is 0 Å². The van der Waals surface area contributed by atoms with Crippen LogP contribution in [0, 0.1) is 0 Å². The molecule has 0 aromatic carbocycles. The van der Waals surface area contributed by atoms with Gasteiger partial charge in [0.2, 0.25) is 0 Å². The number of rotatable bonds is 1. The molecule has 0 radical (unpaired) electrons. The highest BCUT2D eigenvalue weighted by Crippen LogP contribution is 1.66. The first-order valence-corrected chi connectivity index (χ1v) is 2.40. The molecular formula is C5H7N3O2. The van der Waals surface area contributed by atoms with Crippen molar-refractivity contribution in [3.63, 3.8) is 0 Å². The molecule has 0 aromatic rings. The number of carbonyl (C=O) groups is 2. The zero-order valence-corrected chi connectivity index (χ0v) is 5.26. The van der Waals surface area contributed by atoms with Gasteiger partial charge in [-0.2, -0.15) is 0 Å². The maximum absolute atomic E-state index is 10.3. The second-order valence-electron chi connectivity index (χ2n) is 1.28. The minimum absolute atomic E-state index is 0.503. The summed E-state index contributed by atoms with van der Waals surface area (Å²) in [5.41, 5.74) is 3.94. The summed E-state index contributed by atoms with van der Waals surface area (Å²) < 4.78 is 0. The van der Waals surface area contributed by atoms with Crippen LogP contribution in [-0.2, 0) is 4.79 Å². The number of urea groups is 1. The van der Waals surface area contributed by atoms with E-state index in [0.29, 0.717) is 0 Å². The summed E-state index contributed by atoms with van der Waals surface area (Å²) in [7, 11) is 0. The number of hydrazine groups is 1. The van der Waals surface area contributed by atoms with Gasteiger partial charge in [-0.15, -0.1) is 0 Å². The average Bonchev–Trinajstić information content (AvgIpc) is 1.99. The molecule has 0 fully saturated rings. The van der Waals surface area contributed by atoms with Crippen molar-refractivity contribution in [1.29, 1.82) is 0 Å². The lowest BCUT2D eigenvalue weighted by molar-refractivity contribution is -0.117. The van der Waals surface area contributed by atoms with Crippen LogP contribution in [0.3, 0.4) is 0 Å². The molecule has 5 nitrogen and oxygen atoms in total. The molecule has 10 heavy (non-hydrogen) atoms. The van der Waals surface area contributed by atoms with E-state index in [1.165, 1.54) is 0 Å². The molecule has 0 bridgehead atoms. The lowest BCUT2D eigenvalue weighted by atomic mass is 10.6. The van der Waals surface area contributed by atoms with E-state index in [1.807, 2.05) is 10.9 Å². The van der Waals surface area contributed by atoms with Gasteiger partial charge in [0.25, 0.3) is 5.91 Å². The van der Waals surface area contributed by atoms with Crippen molar-refractivity contribution in [2.45, 2.75) is 0 Å². The Balaban J connectivity index is 3.54. The Bertz CT molecular complexity index is 156. The van der Waals surface area contributed by atoms with E-state index in [0.717, 1.165) is 6.08 Å². The van der Waals surface area contributed by atoms with Crippen LogP contribution in [0.15, 0.2) is 17.6 Å². The first kappa shape index (κ1) is 8.35. The molecule has 5 heteroatoms. The van der Waals surface area contributed by atoms with Gasteiger partial charge in [0.05, 0.1) is 0 Å². The largest absolute Gasteiger partial charge is 0.358 e. The van der Waals surface area contributed by atoms with E-state index in [4.69, 9.17) is 0 Å². The number of hydrogen-bond donors (Lipinski definition) is 2. The number of amides is 3. The zero-order valence-electron chi connectivity index (χ0n) is 5.26. The van der Waals surface area contributed by atoms with Gasteiger partial charge in [-0.05, 0) is 12.8 Å². The number of carbonyl (C=O) groups excluding carboxylic acids is 2. The first-order chi connectivity index (χ1) is 4.70. The normalized spacial score (nSPS) is 7.60. The van der Waals surface area contributed by atoms with Gasteiger partial charge in [-0.1, -0.05) is 6.58 Å². The molecule has 0 atom stereocenters. The lowest BCUT2D eigenvalue weighted by Gasteiger charge is -1.98. The van der Waals surface area contributed by atoms with E-state index < -0.39 is 11.9 Å². The number of nitrogens with zero attached hydrogens (tertiary/aromatic N) is 1.